The van der Waals surface area contributed by atoms with Gasteiger partial charge in [0.1, 0.15) is 5.54 Å². The Morgan fingerprint density at radius 2 is 2.00 bits per heavy atom. The van der Waals surface area contributed by atoms with Crippen molar-refractivity contribution >= 4 is 17.7 Å². The van der Waals surface area contributed by atoms with E-state index >= 15 is 0 Å². The summed E-state index contributed by atoms with van der Waals surface area (Å²) in [6, 6.07) is 2.38. The Morgan fingerprint density at radius 3 is 2.47 bits per heavy atom. The Hall–Kier alpha value is -0.730. The Labute approximate surface area is 120 Å². The number of nitriles is 1. The third-order valence-electron chi connectivity index (χ3n) is 3.60. The predicted molar refractivity (Wildman–Crippen MR) is 79.8 cm³/mol. The van der Waals surface area contributed by atoms with Gasteiger partial charge in [0.2, 0.25) is 5.91 Å². The van der Waals surface area contributed by atoms with Crippen LogP contribution in [0.1, 0.15) is 46.0 Å². The molecule has 0 radical (unpaired) electrons. The summed E-state index contributed by atoms with van der Waals surface area (Å²) < 4.78 is 0. The van der Waals surface area contributed by atoms with Crippen LogP contribution in [0.4, 0.5) is 0 Å². The molecule has 0 aromatic heterocycles. The van der Waals surface area contributed by atoms with Crippen LogP contribution in [0, 0.1) is 11.3 Å². The van der Waals surface area contributed by atoms with Crippen molar-refractivity contribution in [3.8, 4) is 6.07 Å². The van der Waals surface area contributed by atoms with Crippen molar-refractivity contribution in [2.45, 2.75) is 57.0 Å². The number of thioether (sulfide) groups is 1. The van der Waals surface area contributed by atoms with Crippen molar-refractivity contribution in [1.82, 2.24) is 4.90 Å². The molecular weight excluding hydrogens is 258 g/mol. The maximum absolute atomic E-state index is 12.2. The van der Waals surface area contributed by atoms with Crippen molar-refractivity contribution in [2.24, 2.45) is 5.73 Å². The van der Waals surface area contributed by atoms with Gasteiger partial charge in [-0.3, -0.25) is 4.79 Å². The van der Waals surface area contributed by atoms with Crippen molar-refractivity contribution in [3.63, 3.8) is 0 Å². The van der Waals surface area contributed by atoms with Crippen LogP contribution in [0.5, 0.6) is 0 Å². The average Bonchev–Trinajstić information content (AvgIpc) is 2.37. The Kier molecular flexibility index (Phi) is 5.69. The molecule has 1 saturated carbocycles. The molecule has 0 heterocycles. The summed E-state index contributed by atoms with van der Waals surface area (Å²) in [6.45, 7) is 3.90. The average molecular weight is 283 g/mol. The highest BCUT2D eigenvalue weighted by atomic mass is 32.2. The first-order valence-electron chi connectivity index (χ1n) is 6.85. The van der Waals surface area contributed by atoms with Gasteiger partial charge in [0.15, 0.2) is 0 Å². The van der Waals surface area contributed by atoms with Crippen LogP contribution in [0.15, 0.2) is 0 Å². The van der Waals surface area contributed by atoms with Crippen molar-refractivity contribution in [3.05, 3.63) is 0 Å². The van der Waals surface area contributed by atoms with Crippen LogP contribution in [-0.2, 0) is 4.79 Å². The lowest BCUT2D eigenvalue weighted by Gasteiger charge is -2.39. The van der Waals surface area contributed by atoms with Gasteiger partial charge in [-0.1, -0.05) is 19.3 Å². The highest BCUT2D eigenvalue weighted by Gasteiger charge is 2.38. The van der Waals surface area contributed by atoms with Crippen LogP contribution >= 0.6 is 11.8 Å². The Morgan fingerprint density at radius 1 is 1.42 bits per heavy atom. The van der Waals surface area contributed by atoms with Gasteiger partial charge in [-0.25, -0.2) is 0 Å². The van der Waals surface area contributed by atoms with E-state index in [2.05, 4.69) is 6.07 Å². The molecule has 0 spiro atoms. The third kappa shape index (κ3) is 4.70. The molecule has 1 aliphatic carbocycles. The minimum absolute atomic E-state index is 0.0395. The number of rotatable bonds is 5. The highest BCUT2D eigenvalue weighted by molar-refractivity contribution is 8.00. The summed E-state index contributed by atoms with van der Waals surface area (Å²) in [4.78, 5) is 13.9. The minimum Gasteiger partial charge on any atom is -0.326 e. The number of nitrogens with zero attached hydrogens (tertiary/aromatic N) is 2. The van der Waals surface area contributed by atoms with E-state index in [0.717, 1.165) is 31.4 Å². The smallest absolute Gasteiger partial charge is 0.233 e. The van der Waals surface area contributed by atoms with E-state index in [1.54, 1.807) is 23.7 Å². The van der Waals surface area contributed by atoms with Crippen molar-refractivity contribution < 1.29 is 4.79 Å². The number of amides is 1. The van der Waals surface area contributed by atoms with E-state index in [0.29, 0.717) is 5.75 Å². The molecule has 0 aromatic rings. The summed E-state index contributed by atoms with van der Waals surface area (Å²) in [5, 5.41) is 9.44. The minimum atomic E-state index is -0.575. The van der Waals surface area contributed by atoms with Gasteiger partial charge >= 0.3 is 0 Å². The number of carbonyl (C=O) groups excluding carboxylic acids is 1. The first-order chi connectivity index (χ1) is 8.81. The second-order valence-electron chi connectivity index (χ2n) is 6.14. The zero-order chi connectivity index (χ0) is 14.5. The zero-order valence-electron chi connectivity index (χ0n) is 12.2. The lowest BCUT2D eigenvalue weighted by atomic mass is 9.81. The second-order valence-corrected chi connectivity index (χ2v) is 7.12. The van der Waals surface area contributed by atoms with E-state index in [9.17, 15) is 10.1 Å². The molecule has 1 aliphatic rings. The number of carbonyl (C=O) groups is 1. The second kappa shape index (κ2) is 6.62. The quantitative estimate of drug-likeness (QED) is 0.839. The van der Waals surface area contributed by atoms with E-state index in [4.69, 9.17) is 5.73 Å². The lowest BCUT2D eigenvalue weighted by Crippen LogP contribution is -2.50. The molecule has 0 unspecified atom stereocenters. The number of hydrogen-bond donors (Lipinski definition) is 1. The van der Waals surface area contributed by atoms with Gasteiger partial charge in [-0.2, -0.15) is 17.0 Å². The monoisotopic (exact) mass is 283 g/mol. The fraction of sp³-hybridized carbons (Fsp3) is 0.857. The van der Waals surface area contributed by atoms with Crippen molar-refractivity contribution in [1.29, 1.82) is 5.26 Å². The van der Waals surface area contributed by atoms with Crippen LogP contribution in [0.2, 0.25) is 0 Å². The largest absolute Gasteiger partial charge is 0.326 e. The van der Waals surface area contributed by atoms with Gasteiger partial charge in [0, 0.05) is 18.3 Å². The van der Waals surface area contributed by atoms with Crippen LogP contribution in [0.3, 0.4) is 0 Å². The molecule has 1 fully saturated rings. The standard InChI is InChI=1S/C14H25N3OS/c1-13(2,16)11-19-9-12(18)17(3)14(10-15)7-5-4-6-8-14/h4-9,11,16H2,1-3H3. The molecule has 1 rings (SSSR count). The van der Waals surface area contributed by atoms with Gasteiger partial charge < -0.3 is 10.6 Å². The highest BCUT2D eigenvalue weighted by Crippen LogP contribution is 2.32. The molecule has 4 nitrogen and oxygen atoms in total. The van der Waals surface area contributed by atoms with Crippen LogP contribution < -0.4 is 5.73 Å². The van der Waals surface area contributed by atoms with Crippen molar-refractivity contribution in [2.75, 3.05) is 18.6 Å². The normalized spacial score (nSPS) is 18.7. The van der Waals surface area contributed by atoms with Crippen LogP contribution in [-0.4, -0.2) is 40.4 Å². The maximum Gasteiger partial charge on any atom is 0.233 e. The predicted octanol–water partition coefficient (Wildman–Crippen LogP) is 2.14. The van der Waals surface area contributed by atoms with Gasteiger partial charge in [-0.05, 0) is 26.7 Å². The fourth-order valence-electron chi connectivity index (χ4n) is 2.40. The lowest BCUT2D eigenvalue weighted by molar-refractivity contribution is -0.131. The molecule has 0 saturated heterocycles. The number of nitrogens with two attached hydrogens (primary N) is 1. The summed E-state index contributed by atoms with van der Waals surface area (Å²) in [7, 11) is 1.77. The number of hydrogen-bond acceptors (Lipinski definition) is 4. The molecule has 0 bridgehead atoms. The molecule has 5 heteroatoms. The Balaban J connectivity index is 2.53. The molecule has 19 heavy (non-hydrogen) atoms. The molecule has 108 valence electrons. The fourth-order valence-corrected chi connectivity index (χ4v) is 3.39. The van der Waals surface area contributed by atoms with E-state index < -0.39 is 5.54 Å². The SMILES string of the molecule is CN(C(=O)CSCC(C)(C)N)C1(C#N)CCCCC1. The molecule has 0 aromatic carbocycles. The Bertz CT molecular complexity index is 351. The van der Waals surface area contributed by atoms with Gasteiger partial charge in [0.25, 0.3) is 0 Å². The summed E-state index contributed by atoms with van der Waals surface area (Å²) >= 11 is 1.54. The maximum atomic E-state index is 12.2. The van der Waals surface area contributed by atoms with E-state index in [1.165, 1.54) is 6.42 Å². The molecule has 1 amide bonds. The zero-order valence-corrected chi connectivity index (χ0v) is 13.1. The van der Waals surface area contributed by atoms with Crippen LogP contribution in [0.25, 0.3) is 0 Å². The molecule has 0 aliphatic heterocycles. The van der Waals surface area contributed by atoms with E-state index in [1.807, 2.05) is 13.8 Å². The topological polar surface area (TPSA) is 70.1 Å². The third-order valence-corrected chi connectivity index (χ3v) is 5.00. The summed E-state index contributed by atoms with van der Waals surface area (Å²) in [5.41, 5.74) is 5.06. The summed E-state index contributed by atoms with van der Waals surface area (Å²) in [5.74, 6) is 1.19. The van der Waals surface area contributed by atoms with E-state index in [-0.39, 0.29) is 11.4 Å². The molecular formula is C14H25N3OS. The van der Waals surface area contributed by atoms with Gasteiger partial charge in [-0.15, -0.1) is 0 Å². The van der Waals surface area contributed by atoms with Gasteiger partial charge in [0.05, 0.1) is 11.8 Å². The molecule has 2 N–H and O–H groups in total. The summed E-state index contributed by atoms with van der Waals surface area (Å²) in [6.07, 6.45) is 4.85. The first-order valence-corrected chi connectivity index (χ1v) is 8.01. The molecule has 0 atom stereocenters. The first kappa shape index (κ1) is 16.3.